The summed E-state index contributed by atoms with van der Waals surface area (Å²) in [6.45, 7) is 4.66. The Morgan fingerprint density at radius 3 is 1.94 bits per heavy atom. The van der Waals surface area contributed by atoms with Crippen LogP contribution in [0.1, 0.15) is 39.2 Å². The van der Waals surface area contributed by atoms with Crippen LogP contribution in [0.4, 0.5) is 0 Å². The largest absolute Gasteiger partial charge is 0.508 e. The zero-order chi connectivity index (χ0) is 27.6. The van der Waals surface area contributed by atoms with Gasteiger partial charge >= 0.3 is 5.97 Å². The van der Waals surface area contributed by atoms with Crippen molar-refractivity contribution in [3.63, 3.8) is 0 Å². The number of phenolic OH excluding ortho intramolecular Hbond substituents is 1. The van der Waals surface area contributed by atoms with E-state index in [4.69, 9.17) is 11.5 Å². The first-order chi connectivity index (χ1) is 16.8. The van der Waals surface area contributed by atoms with Gasteiger partial charge in [0, 0.05) is 6.42 Å². The smallest absolute Gasteiger partial charge is 0.328 e. The summed E-state index contributed by atoms with van der Waals surface area (Å²) in [4.78, 5) is 61.1. The summed E-state index contributed by atoms with van der Waals surface area (Å²) < 4.78 is 0. The standard InChI is InChI=1S/C23H35N5O8/c1-4-11(2)18(27-20(32)15(24)10-17(25)31)22(34)26-16(9-13-5-7-14(30)8-6-13)21(33)28-19(12(3)29)23(35)36/h5-8,11-12,15-16,18-19,29-30H,4,9-10,24H2,1-3H3,(H2,25,31)(H,26,34)(H,27,32)(H,28,33)(H,35,36). The first-order valence-corrected chi connectivity index (χ1v) is 11.4. The molecule has 0 aliphatic heterocycles. The Morgan fingerprint density at radius 1 is 0.917 bits per heavy atom. The molecule has 1 rings (SSSR count). The molecule has 0 fully saturated rings. The maximum atomic E-state index is 13.2. The highest BCUT2D eigenvalue weighted by atomic mass is 16.4. The lowest BCUT2D eigenvalue weighted by atomic mass is 9.96. The van der Waals surface area contributed by atoms with Gasteiger partial charge in [0.15, 0.2) is 6.04 Å². The molecular formula is C23H35N5O8. The van der Waals surface area contributed by atoms with Crippen LogP contribution < -0.4 is 27.4 Å². The maximum absolute atomic E-state index is 13.2. The van der Waals surface area contributed by atoms with E-state index in [-0.39, 0.29) is 12.2 Å². The van der Waals surface area contributed by atoms with E-state index in [9.17, 15) is 39.3 Å². The highest BCUT2D eigenvalue weighted by Gasteiger charge is 2.33. The molecule has 6 atom stereocenters. The molecule has 1 aromatic rings. The minimum absolute atomic E-state index is 0.0179. The lowest BCUT2D eigenvalue weighted by molar-refractivity contribution is -0.145. The monoisotopic (exact) mass is 509 g/mol. The Hall–Kier alpha value is -3.71. The number of carboxylic acids is 1. The Bertz CT molecular complexity index is 937. The summed E-state index contributed by atoms with van der Waals surface area (Å²) in [5.41, 5.74) is 11.3. The third-order valence-corrected chi connectivity index (χ3v) is 5.61. The van der Waals surface area contributed by atoms with Gasteiger partial charge in [-0.25, -0.2) is 4.79 Å². The van der Waals surface area contributed by atoms with Crippen molar-refractivity contribution in [2.75, 3.05) is 0 Å². The first kappa shape index (κ1) is 30.3. The fraction of sp³-hybridized carbons (Fsp3) is 0.522. The molecule has 1 aromatic carbocycles. The van der Waals surface area contributed by atoms with Crippen LogP contribution in [0, 0.1) is 5.92 Å². The van der Waals surface area contributed by atoms with E-state index in [1.54, 1.807) is 13.8 Å². The second-order valence-electron chi connectivity index (χ2n) is 8.65. The van der Waals surface area contributed by atoms with Crippen LogP contribution in [0.15, 0.2) is 24.3 Å². The van der Waals surface area contributed by atoms with Gasteiger partial charge in [-0.2, -0.15) is 0 Å². The lowest BCUT2D eigenvalue weighted by Gasteiger charge is -2.28. The van der Waals surface area contributed by atoms with Crippen LogP contribution in [0.3, 0.4) is 0 Å². The Balaban J connectivity index is 3.19. The fourth-order valence-electron chi connectivity index (χ4n) is 3.25. The molecule has 200 valence electrons. The number of hydrogen-bond donors (Lipinski definition) is 8. The molecule has 0 aromatic heterocycles. The predicted octanol–water partition coefficient (Wildman–Crippen LogP) is -1.90. The molecule has 0 aliphatic rings. The zero-order valence-corrected chi connectivity index (χ0v) is 20.4. The fourth-order valence-corrected chi connectivity index (χ4v) is 3.25. The number of carbonyl (C=O) groups is 5. The number of amides is 4. The van der Waals surface area contributed by atoms with Crippen LogP contribution >= 0.6 is 0 Å². The van der Waals surface area contributed by atoms with E-state index in [0.717, 1.165) is 0 Å². The van der Waals surface area contributed by atoms with Crippen LogP contribution in [-0.4, -0.2) is 75.2 Å². The number of nitrogens with one attached hydrogen (secondary N) is 3. The van der Waals surface area contributed by atoms with Gasteiger partial charge in [-0.3, -0.25) is 19.2 Å². The summed E-state index contributed by atoms with van der Waals surface area (Å²) in [6, 6.07) is 0.445. The number of carboxylic acid groups (broad SMARTS) is 1. The van der Waals surface area contributed by atoms with E-state index in [1.807, 2.05) is 0 Å². The molecule has 13 nitrogen and oxygen atoms in total. The SMILES string of the molecule is CCC(C)C(NC(=O)C(N)CC(N)=O)C(=O)NC(Cc1ccc(O)cc1)C(=O)NC(C(=O)O)C(C)O. The second-order valence-corrected chi connectivity index (χ2v) is 8.65. The van der Waals surface area contributed by atoms with E-state index in [0.29, 0.717) is 12.0 Å². The third kappa shape index (κ3) is 9.50. The van der Waals surface area contributed by atoms with Crippen LogP contribution in [-0.2, 0) is 30.4 Å². The quantitative estimate of drug-likeness (QED) is 0.140. The van der Waals surface area contributed by atoms with E-state index < -0.39 is 72.2 Å². The van der Waals surface area contributed by atoms with Gasteiger partial charge in [-0.1, -0.05) is 32.4 Å². The number of hydrogen-bond acceptors (Lipinski definition) is 8. The average Bonchev–Trinajstić information content (AvgIpc) is 2.79. The van der Waals surface area contributed by atoms with Crippen molar-refractivity contribution >= 4 is 29.6 Å². The van der Waals surface area contributed by atoms with Crippen molar-refractivity contribution in [1.82, 2.24) is 16.0 Å². The first-order valence-electron chi connectivity index (χ1n) is 11.4. The maximum Gasteiger partial charge on any atom is 0.328 e. The van der Waals surface area contributed by atoms with Gasteiger partial charge in [0.05, 0.1) is 18.6 Å². The van der Waals surface area contributed by atoms with Gasteiger partial charge in [0.25, 0.3) is 0 Å². The molecule has 0 saturated heterocycles. The van der Waals surface area contributed by atoms with Crippen molar-refractivity contribution in [2.45, 2.75) is 70.3 Å². The molecule has 10 N–H and O–H groups in total. The summed E-state index contributed by atoms with van der Waals surface area (Å²) in [5, 5.41) is 35.7. The molecule has 0 bridgehead atoms. The lowest BCUT2D eigenvalue weighted by Crippen LogP contribution is -2.60. The van der Waals surface area contributed by atoms with Crippen molar-refractivity contribution in [1.29, 1.82) is 0 Å². The predicted molar refractivity (Wildman–Crippen MR) is 128 cm³/mol. The number of aliphatic carboxylic acids is 1. The van der Waals surface area contributed by atoms with Gasteiger partial charge in [-0.15, -0.1) is 0 Å². The number of rotatable bonds is 14. The Morgan fingerprint density at radius 2 is 1.47 bits per heavy atom. The van der Waals surface area contributed by atoms with Gasteiger partial charge in [0.1, 0.15) is 17.8 Å². The Labute approximate surface area is 208 Å². The highest BCUT2D eigenvalue weighted by Crippen LogP contribution is 2.13. The normalized spacial score (nSPS) is 15.9. The highest BCUT2D eigenvalue weighted by molar-refractivity contribution is 5.95. The number of phenols is 1. The molecule has 0 spiro atoms. The van der Waals surface area contributed by atoms with E-state index in [2.05, 4.69) is 16.0 Å². The molecule has 36 heavy (non-hydrogen) atoms. The topological polar surface area (TPSA) is 234 Å². The summed E-state index contributed by atoms with van der Waals surface area (Å²) >= 11 is 0. The number of aliphatic hydroxyl groups is 1. The molecule has 0 saturated carbocycles. The van der Waals surface area contributed by atoms with Crippen LogP contribution in [0.2, 0.25) is 0 Å². The molecule has 6 unspecified atom stereocenters. The van der Waals surface area contributed by atoms with Crippen molar-refractivity contribution < 1.29 is 39.3 Å². The molecule has 4 amide bonds. The minimum Gasteiger partial charge on any atom is -0.508 e. The van der Waals surface area contributed by atoms with E-state index in [1.165, 1.54) is 31.2 Å². The number of aliphatic hydroxyl groups excluding tert-OH is 1. The average molecular weight is 510 g/mol. The van der Waals surface area contributed by atoms with Gasteiger partial charge in [-0.05, 0) is 30.5 Å². The summed E-state index contributed by atoms with van der Waals surface area (Å²) in [7, 11) is 0. The second kappa shape index (κ2) is 14.0. The number of carbonyl (C=O) groups excluding carboxylic acids is 4. The number of aromatic hydroxyl groups is 1. The van der Waals surface area contributed by atoms with Crippen LogP contribution in [0.5, 0.6) is 5.75 Å². The molecule has 0 aliphatic carbocycles. The summed E-state index contributed by atoms with van der Waals surface area (Å²) in [5.74, 6) is -5.10. The molecular weight excluding hydrogens is 474 g/mol. The zero-order valence-electron chi connectivity index (χ0n) is 20.4. The Kier molecular flexibility index (Phi) is 11.8. The van der Waals surface area contributed by atoms with Crippen molar-refractivity contribution in [3.05, 3.63) is 29.8 Å². The molecule has 0 heterocycles. The van der Waals surface area contributed by atoms with E-state index >= 15 is 0 Å². The molecule has 13 heteroatoms. The minimum atomic E-state index is -1.63. The molecule has 0 radical (unpaired) electrons. The van der Waals surface area contributed by atoms with Crippen molar-refractivity contribution in [3.8, 4) is 5.75 Å². The number of nitrogens with two attached hydrogens (primary N) is 2. The summed E-state index contributed by atoms with van der Waals surface area (Å²) in [6.07, 6.45) is -1.48. The number of benzene rings is 1. The van der Waals surface area contributed by atoms with Crippen LogP contribution in [0.25, 0.3) is 0 Å². The third-order valence-electron chi connectivity index (χ3n) is 5.61. The van der Waals surface area contributed by atoms with Crippen molar-refractivity contribution in [2.24, 2.45) is 17.4 Å². The van der Waals surface area contributed by atoms with Gasteiger partial charge in [0.2, 0.25) is 23.6 Å². The number of primary amides is 1. The van der Waals surface area contributed by atoms with Gasteiger partial charge < -0.3 is 42.7 Å².